The third kappa shape index (κ3) is 4.39. The van der Waals surface area contributed by atoms with Gasteiger partial charge in [0.05, 0.1) is 0 Å². The zero-order valence-electron chi connectivity index (χ0n) is 20.8. The smallest absolute Gasteiger partial charge is 0.128 e. The van der Waals surface area contributed by atoms with E-state index in [0.29, 0.717) is 10.6 Å². The molecule has 0 aliphatic rings. The SMILES string of the molecule is Cc1cc(C(C)(c2ccc(O)cc2)c2ccc(C(C)(C)c3ccc(O)c(S)c3)cc2)cc(C)c1O. The van der Waals surface area contributed by atoms with Crippen LogP contribution in [0.5, 0.6) is 17.2 Å². The molecule has 3 N–H and O–H groups in total. The van der Waals surface area contributed by atoms with Crippen LogP contribution in [0.15, 0.2) is 83.8 Å². The average Bonchev–Trinajstić information content (AvgIpc) is 2.83. The van der Waals surface area contributed by atoms with E-state index in [1.807, 2.05) is 50.2 Å². The first-order chi connectivity index (χ1) is 16.4. The maximum absolute atomic E-state index is 10.4. The molecule has 1 atom stereocenters. The molecule has 4 aromatic rings. The summed E-state index contributed by atoms with van der Waals surface area (Å²) >= 11 is 4.39. The molecule has 0 spiro atoms. The molecule has 3 nitrogen and oxygen atoms in total. The van der Waals surface area contributed by atoms with Crippen LogP contribution in [0, 0.1) is 13.8 Å². The van der Waals surface area contributed by atoms with Gasteiger partial charge >= 0.3 is 0 Å². The van der Waals surface area contributed by atoms with Crippen LogP contribution in [0.25, 0.3) is 0 Å². The van der Waals surface area contributed by atoms with Crippen LogP contribution in [0.3, 0.4) is 0 Å². The number of rotatable bonds is 5. The van der Waals surface area contributed by atoms with Crippen LogP contribution in [-0.2, 0) is 10.8 Å². The highest BCUT2D eigenvalue weighted by Crippen LogP contribution is 2.43. The van der Waals surface area contributed by atoms with Crippen LogP contribution in [0.1, 0.15) is 59.7 Å². The summed E-state index contributed by atoms with van der Waals surface area (Å²) in [5.41, 5.74) is 6.31. The van der Waals surface area contributed by atoms with Crippen molar-refractivity contribution < 1.29 is 15.3 Å². The van der Waals surface area contributed by atoms with Crippen molar-refractivity contribution in [3.8, 4) is 17.2 Å². The zero-order valence-corrected chi connectivity index (χ0v) is 21.7. The number of aromatic hydroxyl groups is 3. The standard InChI is InChI=1S/C31H32O3S/c1-19-16-25(17-20(2)29(19)34)31(5,23-10-13-26(32)14-11-23)22-8-6-21(7-9-22)30(3,4)24-12-15-27(33)28(35)18-24/h6-18,32-35H,1-5H3. The lowest BCUT2D eigenvalue weighted by Crippen LogP contribution is -2.26. The average molecular weight is 485 g/mol. The molecule has 4 heteroatoms. The van der Waals surface area contributed by atoms with Crippen LogP contribution in [0.4, 0.5) is 0 Å². The minimum Gasteiger partial charge on any atom is -0.508 e. The summed E-state index contributed by atoms with van der Waals surface area (Å²) in [7, 11) is 0. The van der Waals surface area contributed by atoms with E-state index in [0.717, 1.165) is 38.9 Å². The zero-order chi connectivity index (χ0) is 25.5. The van der Waals surface area contributed by atoms with E-state index >= 15 is 0 Å². The van der Waals surface area contributed by atoms with Gasteiger partial charge in [0, 0.05) is 15.7 Å². The maximum Gasteiger partial charge on any atom is 0.128 e. The van der Waals surface area contributed by atoms with Crippen molar-refractivity contribution in [3.05, 3.63) is 118 Å². The van der Waals surface area contributed by atoms with Gasteiger partial charge in [-0.2, -0.15) is 0 Å². The van der Waals surface area contributed by atoms with Crippen LogP contribution >= 0.6 is 12.6 Å². The number of phenolic OH excluding ortho intramolecular Hbond substituents is 3. The third-order valence-corrected chi connectivity index (χ3v) is 7.75. The van der Waals surface area contributed by atoms with E-state index in [1.54, 1.807) is 18.2 Å². The molecule has 4 aromatic carbocycles. The molecule has 0 aliphatic heterocycles. The van der Waals surface area contributed by atoms with Crippen molar-refractivity contribution in [2.75, 3.05) is 0 Å². The van der Waals surface area contributed by atoms with Gasteiger partial charge in [-0.15, -0.1) is 12.6 Å². The first-order valence-corrected chi connectivity index (χ1v) is 12.1. The highest BCUT2D eigenvalue weighted by Gasteiger charge is 2.33. The lowest BCUT2D eigenvalue weighted by atomic mass is 9.69. The van der Waals surface area contributed by atoms with Crippen LogP contribution in [-0.4, -0.2) is 15.3 Å². The summed E-state index contributed by atoms with van der Waals surface area (Å²) in [6.07, 6.45) is 0. The number of hydrogen-bond acceptors (Lipinski definition) is 4. The van der Waals surface area contributed by atoms with Gasteiger partial charge in [0.1, 0.15) is 17.2 Å². The Bertz CT molecular complexity index is 1350. The maximum atomic E-state index is 10.4. The van der Waals surface area contributed by atoms with E-state index in [2.05, 4.69) is 57.7 Å². The monoisotopic (exact) mass is 484 g/mol. The molecular weight excluding hydrogens is 452 g/mol. The molecule has 4 rings (SSSR count). The fourth-order valence-electron chi connectivity index (χ4n) is 4.84. The fourth-order valence-corrected chi connectivity index (χ4v) is 5.05. The van der Waals surface area contributed by atoms with Gasteiger partial charge in [-0.05, 0) is 84.0 Å². The predicted molar refractivity (Wildman–Crippen MR) is 145 cm³/mol. The Balaban J connectivity index is 1.84. The van der Waals surface area contributed by atoms with Gasteiger partial charge < -0.3 is 15.3 Å². The lowest BCUT2D eigenvalue weighted by Gasteiger charge is -2.34. The van der Waals surface area contributed by atoms with Gasteiger partial charge in [-0.25, -0.2) is 0 Å². The summed E-state index contributed by atoms with van der Waals surface area (Å²) in [6, 6.07) is 25.6. The number of thiol groups is 1. The molecule has 1 unspecified atom stereocenters. The van der Waals surface area contributed by atoms with Crippen molar-refractivity contribution in [2.24, 2.45) is 0 Å². The number of benzene rings is 4. The van der Waals surface area contributed by atoms with Crippen molar-refractivity contribution in [2.45, 2.75) is 50.3 Å². The molecule has 0 aliphatic carbocycles. The van der Waals surface area contributed by atoms with E-state index < -0.39 is 5.41 Å². The first-order valence-electron chi connectivity index (χ1n) is 11.7. The summed E-state index contributed by atoms with van der Waals surface area (Å²) in [4.78, 5) is 0.560. The Morgan fingerprint density at radius 3 is 1.54 bits per heavy atom. The van der Waals surface area contributed by atoms with Gasteiger partial charge in [0.25, 0.3) is 0 Å². The molecule has 0 amide bonds. The van der Waals surface area contributed by atoms with Gasteiger partial charge in [0.2, 0.25) is 0 Å². The minimum absolute atomic E-state index is 0.174. The van der Waals surface area contributed by atoms with Crippen molar-refractivity contribution >= 4 is 12.6 Å². The summed E-state index contributed by atoms with van der Waals surface area (Å²) in [5, 5.41) is 30.2. The highest BCUT2D eigenvalue weighted by atomic mass is 32.1. The Labute approximate surface area is 213 Å². The summed E-state index contributed by atoms with van der Waals surface area (Å²) in [6.45, 7) is 10.3. The molecule has 0 bridgehead atoms. The predicted octanol–water partition coefficient (Wildman–Crippen LogP) is 7.39. The van der Waals surface area contributed by atoms with E-state index in [9.17, 15) is 15.3 Å². The normalized spacial score (nSPS) is 13.4. The molecule has 0 heterocycles. The van der Waals surface area contributed by atoms with Gasteiger partial charge in [-0.3, -0.25) is 0 Å². The number of aryl methyl sites for hydroxylation is 2. The Morgan fingerprint density at radius 1 is 0.571 bits per heavy atom. The van der Waals surface area contributed by atoms with Crippen molar-refractivity contribution in [3.63, 3.8) is 0 Å². The van der Waals surface area contributed by atoms with Gasteiger partial charge in [-0.1, -0.05) is 68.4 Å². The summed E-state index contributed by atoms with van der Waals surface area (Å²) < 4.78 is 0. The molecule has 0 fully saturated rings. The molecule has 0 radical (unpaired) electrons. The van der Waals surface area contributed by atoms with Crippen molar-refractivity contribution in [1.29, 1.82) is 0 Å². The quantitative estimate of drug-likeness (QED) is 0.176. The number of phenols is 3. The van der Waals surface area contributed by atoms with Crippen LogP contribution < -0.4 is 0 Å². The molecule has 0 aromatic heterocycles. The van der Waals surface area contributed by atoms with Crippen LogP contribution in [0.2, 0.25) is 0 Å². The summed E-state index contributed by atoms with van der Waals surface area (Å²) in [5.74, 6) is 0.715. The lowest BCUT2D eigenvalue weighted by molar-refractivity contribution is 0.461. The molecule has 0 saturated heterocycles. The second kappa shape index (κ2) is 9.01. The van der Waals surface area contributed by atoms with E-state index in [-0.39, 0.29) is 16.9 Å². The third-order valence-electron chi connectivity index (χ3n) is 7.39. The fraction of sp³-hybridized carbons (Fsp3) is 0.226. The van der Waals surface area contributed by atoms with E-state index in [1.165, 1.54) is 0 Å². The molecule has 35 heavy (non-hydrogen) atoms. The minimum atomic E-state index is -0.504. The molecular formula is C31H32O3S. The molecule has 180 valence electrons. The van der Waals surface area contributed by atoms with E-state index in [4.69, 9.17) is 0 Å². The topological polar surface area (TPSA) is 60.7 Å². The second-order valence-electron chi connectivity index (χ2n) is 10.0. The number of hydrogen-bond donors (Lipinski definition) is 4. The van der Waals surface area contributed by atoms with Gasteiger partial charge in [0.15, 0.2) is 0 Å². The molecule has 0 saturated carbocycles. The Hall–Kier alpha value is -3.37. The first kappa shape index (κ1) is 24.7. The van der Waals surface area contributed by atoms with Crippen molar-refractivity contribution in [1.82, 2.24) is 0 Å². The Morgan fingerprint density at radius 2 is 1.03 bits per heavy atom. The second-order valence-corrected chi connectivity index (χ2v) is 10.5. The largest absolute Gasteiger partial charge is 0.508 e. The highest BCUT2D eigenvalue weighted by molar-refractivity contribution is 7.80. The Kier molecular flexibility index (Phi) is 6.37.